The molecule has 0 aromatic rings. The van der Waals surface area contributed by atoms with Crippen LogP contribution in [0.25, 0.3) is 0 Å². The van der Waals surface area contributed by atoms with E-state index in [4.69, 9.17) is 4.74 Å². The van der Waals surface area contributed by atoms with Gasteiger partial charge in [0.2, 0.25) is 0 Å². The minimum Gasteiger partial charge on any atom is -0.378 e. The molecule has 0 bridgehead atoms. The standard InChI is InChI=1S/C16H28N2O2/c19-16(6-5-14-3-2-12-20-14)15-4-1-11-18(15)13-7-9-17-10-8-13/h13-15,17H,1-12H2. The van der Waals surface area contributed by atoms with Gasteiger partial charge in [0.05, 0.1) is 12.1 Å². The summed E-state index contributed by atoms with van der Waals surface area (Å²) in [6.45, 7) is 4.24. The van der Waals surface area contributed by atoms with E-state index in [1.165, 1.54) is 25.7 Å². The van der Waals surface area contributed by atoms with Crippen LogP contribution in [0.15, 0.2) is 0 Å². The fraction of sp³-hybridized carbons (Fsp3) is 0.938. The lowest BCUT2D eigenvalue weighted by Gasteiger charge is -2.35. The first-order valence-electron chi connectivity index (χ1n) is 8.45. The van der Waals surface area contributed by atoms with Crippen LogP contribution in [0.5, 0.6) is 0 Å². The van der Waals surface area contributed by atoms with Crippen molar-refractivity contribution in [2.75, 3.05) is 26.2 Å². The zero-order chi connectivity index (χ0) is 13.8. The van der Waals surface area contributed by atoms with E-state index in [9.17, 15) is 4.79 Å². The van der Waals surface area contributed by atoms with Gasteiger partial charge in [-0.2, -0.15) is 0 Å². The summed E-state index contributed by atoms with van der Waals surface area (Å²) in [5.74, 6) is 0.469. The Hall–Kier alpha value is -0.450. The Morgan fingerprint density at radius 1 is 1.15 bits per heavy atom. The van der Waals surface area contributed by atoms with Gasteiger partial charge in [0.15, 0.2) is 0 Å². The highest BCUT2D eigenvalue weighted by Gasteiger charge is 2.35. The molecule has 3 aliphatic rings. The van der Waals surface area contributed by atoms with Crippen molar-refractivity contribution < 1.29 is 9.53 Å². The van der Waals surface area contributed by atoms with Crippen LogP contribution in [0.3, 0.4) is 0 Å². The van der Waals surface area contributed by atoms with Gasteiger partial charge in [-0.1, -0.05) is 0 Å². The van der Waals surface area contributed by atoms with E-state index in [1.54, 1.807) is 0 Å². The van der Waals surface area contributed by atoms with Crippen LogP contribution in [0.1, 0.15) is 51.4 Å². The van der Waals surface area contributed by atoms with Gasteiger partial charge in [-0.05, 0) is 64.6 Å². The Labute approximate surface area is 122 Å². The van der Waals surface area contributed by atoms with E-state index in [0.29, 0.717) is 17.9 Å². The summed E-state index contributed by atoms with van der Waals surface area (Å²) < 4.78 is 5.64. The molecule has 0 radical (unpaired) electrons. The summed E-state index contributed by atoms with van der Waals surface area (Å²) in [6.07, 6.45) is 9.01. The van der Waals surface area contributed by atoms with Crippen molar-refractivity contribution in [3.63, 3.8) is 0 Å². The van der Waals surface area contributed by atoms with Crippen molar-refractivity contribution in [3.05, 3.63) is 0 Å². The molecule has 0 aliphatic carbocycles. The molecular weight excluding hydrogens is 252 g/mol. The minimum absolute atomic E-state index is 0.208. The number of hydrogen-bond acceptors (Lipinski definition) is 4. The topological polar surface area (TPSA) is 41.6 Å². The second-order valence-electron chi connectivity index (χ2n) is 6.52. The number of nitrogens with zero attached hydrogens (tertiary/aromatic N) is 1. The lowest BCUT2D eigenvalue weighted by Crippen LogP contribution is -2.47. The van der Waals surface area contributed by atoms with Crippen molar-refractivity contribution in [2.24, 2.45) is 0 Å². The van der Waals surface area contributed by atoms with E-state index < -0.39 is 0 Å². The molecule has 0 saturated carbocycles. The number of ether oxygens (including phenoxy) is 1. The summed E-state index contributed by atoms with van der Waals surface area (Å²) in [7, 11) is 0. The third-order valence-corrected chi connectivity index (χ3v) is 5.18. The molecule has 114 valence electrons. The Morgan fingerprint density at radius 2 is 2.00 bits per heavy atom. The van der Waals surface area contributed by atoms with Crippen LogP contribution >= 0.6 is 0 Å². The Kier molecular flexibility index (Phi) is 5.08. The molecule has 2 unspecified atom stereocenters. The minimum atomic E-state index is 0.208. The van der Waals surface area contributed by atoms with Crippen LogP contribution in [0, 0.1) is 0 Å². The lowest BCUT2D eigenvalue weighted by molar-refractivity contribution is -0.124. The number of carbonyl (C=O) groups is 1. The van der Waals surface area contributed by atoms with Gasteiger partial charge in [0.25, 0.3) is 0 Å². The maximum Gasteiger partial charge on any atom is 0.150 e. The van der Waals surface area contributed by atoms with Crippen molar-refractivity contribution in [3.8, 4) is 0 Å². The van der Waals surface area contributed by atoms with E-state index >= 15 is 0 Å². The third kappa shape index (κ3) is 3.41. The monoisotopic (exact) mass is 280 g/mol. The Balaban J connectivity index is 1.49. The van der Waals surface area contributed by atoms with Crippen molar-refractivity contribution >= 4 is 5.78 Å². The highest BCUT2D eigenvalue weighted by atomic mass is 16.5. The molecule has 3 fully saturated rings. The Morgan fingerprint density at radius 3 is 2.75 bits per heavy atom. The van der Waals surface area contributed by atoms with Crippen LogP contribution in [0.4, 0.5) is 0 Å². The second kappa shape index (κ2) is 7.01. The van der Waals surface area contributed by atoms with E-state index in [-0.39, 0.29) is 6.04 Å². The van der Waals surface area contributed by atoms with E-state index in [0.717, 1.165) is 51.9 Å². The quantitative estimate of drug-likeness (QED) is 0.833. The molecule has 4 nitrogen and oxygen atoms in total. The zero-order valence-electron chi connectivity index (χ0n) is 12.5. The first-order chi connectivity index (χ1) is 9.84. The predicted molar refractivity (Wildman–Crippen MR) is 78.8 cm³/mol. The fourth-order valence-electron chi connectivity index (χ4n) is 4.05. The maximum atomic E-state index is 12.5. The number of carbonyl (C=O) groups excluding carboxylic acids is 1. The van der Waals surface area contributed by atoms with E-state index in [1.807, 2.05) is 0 Å². The lowest BCUT2D eigenvalue weighted by atomic mass is 9.99. The SMILES string of the molecule is O=C(CCC1CCCO1)C1CCCN1C1CCNCC1. The summed E-state index contributed by atoms with van der Waals surface area (Å²) in [4.78, 5) is 15.1. The molecule has 0 amide bonds. The third-order valence-electron chi connectivity index (χ3n) is 5.18. The number of piperidine rings is 1. The first kappa shape index (κ1) is 14.5. The molecule has 0 aromatic heterocycles. The molecule has 3 rings (SSSR count). The highest BCUT2D eigenvalue weighted by molar-refractivity contribution is 5.84. The average Bonchev–Trinajstić information content (AvgIpc) is 3.17. The number of hydrogen-bond donors (Lipinski definition) is 1. The zero-order valence-corrected chi connectivity index (χ0v) is 12.5. The molecule has 3 aliphatic heterocycles. The molecule has 20 heavy (non-hydrogen) atoms. The molecule has 2 atom stereocenters. The molecule has 1 N–H and O–H groups in total. The van der Waals surface area contributed by atoms with Crippen LogP contribution in [-0.4, -0.2) is 55.1 Å². The number of rotatable bonds is 5. The number of ketones is 1. The van der Waals surface area contributed by atoms with Gasteiger partial charge in [-0.15, -0.1) is 0 Å². The van der Waals surface area contributed by atoms with Gasteiger partial charge in [-0.3, -0.25) is 9.69 Å². The number of Topliss-reactive ketones (excluding diaryl/α,β-unsaturated/α-hetero) is 1. The number of nitrogens with one attached hydrogen (secondary N) is 1. The summed E-state index contributed by atoms with van der Waals surface area (Å²) in [5.41, 5.74) is 0. The summed E-state index contributed by atoms with van der Waals surface area (Å²) >= 11 is 0. The predicted octanol–water partition coefficient (Wildman–Crippen LogP) is 1.73. The van der Waals surface area contributed by atoms with Crippen LogP contribution in [-0.2, 0) is 9.53 Å². The molecular formula is C16H28N2O2. The molecule has 4 heteroatoms. The largest absolute Gasteiger partial charge is 0.378 e. The maximum absolute atomic E-state index is 12.5. The average molecular weight is 280 g/mol. The summed E-state index contributed by atoms with van der Waals surface area (Å²) in [6, 6.07) is 0.843. The van der Waals surface area contributed by atoms with E-state index in [2.05, 4.69) is 10.2 Å². The van der Waals surface area contributed by atoms with Crippen molar-refractivity contribution in [1.29, 1.82) is 0 Å². The van der Waals surface area contributed by atoms with Gasteiger partial charge in [0, 0.05) is 19.1 Å². The van der Waals surface area contributed by atoms with Crippen LogP contribution in [0.2, 0.25) is 0 Å². The van der Waals surface area contributed by atoms with Gasteiger partial charge >= 0.3 is 0 Å². The second-order valence-corrected chi connectivity index (χ2v) is 6.52. The van der Waals surface area contributed by atoms with Crippen molar-refractivity contribution in [1.82, 2.24) is 10.2 Å². The summed E-state index contributed by atoms with van der Waals surface area (Å²) in [5, 5.41) is 3.42. The smallest absolute Gasteiger partial charge is 0.150 e. The first-order valence-corrected chi connectivity index (χ1v) is 8.45. The van der Waals surface area contributed by atoms with Crippen LogP contribution < -0.4 is 5.32 Å². The number of likely N-dealkylation sites (tertiary alicyclic amines) is 1. The van der Waals surface area contributed by atoms with Crippen molar-refractivity contribution in [2.45, 2.75) is 69.6 Å². The van der Waals surface area contributed by atoms with Gasteiger partial charge in [-0.25, -0.2) is 0 Å². The molecule has 3 heterocycles. The normalized spacial score (nSPS) is 32.8. The fourth-order valence-corrected chi connectivity index (χ4v) is 4.05. The molecule has 0 spiro atoms. The molecule has 3 saturated heterocycles. The van der Waals surface area contributed by atoms with Gasteiger partial charge in [0.1, 0.15) is 5.78 Å². The van der Waals surface area contributed by atoms with Gasteiger partial charge < -0.3 is 10.1 Å². The Bertz CT molecular complexity index is 322. The molecule has 0 aromatic carbocycles. The highest BCUT2D eigenvalue weighted by Crippen LogP contribution is 2.27.